The van der Waals surface area contributed by atoms with Crippen LogP contribution in [0.3, 0.4) is 0 Å². The molecule has 0 saturated heterocycles. The number of para-hydroxylation sites is 1. The van der Waals surface area contributed by atoms with Gasteiger partial charge in [0, 0.05) is 12.0 Å². The molecule has 2 aromatic carbocycles. The van der Waals surface area contributed by atoms with E-state index in [1.165, 1.54) is 5.56 Å². The number of nitrogens with two attached hydrogens (primary N) is 1. The number of hydrogen-bond donors (Lipinski definition) is 2. The SMILES string of the molecule is NC(=S)N/N=C\c1ccccc1OCCc1ccccc1. The lowest BCUT2D eigenvalue weighted by Crippen LogP contribution is -2.24. The van der Waals surface area contributed by atoms with E-state index in [0.29, 0.717) is 6.61 Å². The highest BCUT2D eigenvalue weighted by atomic mass is 32.1. The van der Waals surface area contributed by atoms with Crippen molar-refractivity contribution in [1.29, 1.82) is 0 Å². The fourth-order valence-corrected chi connectivity index (χ4v) is 1.86. The number of rotatable bonds is 6. The minimum absolute atomic E-state index is 0.133. The highest BCUT2D eigenvalue weighted by Crippen LogP contribution is 2.16. The van der Waals surface area contributed by atoms with Crippen LogP contribution in [0.1, 0.15) is 11.1 Å². The van der Waals surface area contributed by atoms with E-state index in [1.54, 1.807) is 6.21 Å². The van der Waals surface area contributed by atoms with Gasteiger partial charge in [0.2, 0.25) is 0 Å². The molecule has 0 aromatic heterocycles. The molecule has 0 unspecified atom stereocenters. The molecule has 0 radical (unpaired) electrons. The highest BCUT2D eigenvalue weighted by Gasteiger charge is 2.00. The van der Waals surface area contributed by atoms with Gasteiger partial charge in [-0.25, -0.2) is 0 Å². The largest absolute Gasteiger partial charge is 0.493 e. The van der Waals surface area contributed by atoms with E-state index in [-0.39, 0.29) is 5.11 Å². The molecule has 0 bridgehead atoms. The number of ether oxygens (including phenoxy) is 1. The number of hydrazone groups is 1. The molecule has 0 saturated carbocycles. The summed E-state index contributed by atoms with van der Waals surface area (Å²) in [5.74, 6) is 0.780. The summed E-state index contributed by atoms with van der Waals surface area (Å²) < 4.78 is 5.82. The minimum atomic E-state index is 0.133. The predicted molar refractivity (Wildman–Crippen MR) is 89.6 cm³/mol. The molecule has 2 aromatic rings. The number of thiocarbonyl (C=S) groups is 1. The van der Waals surface area contributed by atoms with Crippen LogP contribution < -0.4 is 15.9 Å². The van der Waals surface area contributed by atoms with Gasteiger partial charge < -0.3 is 10.5 Å². The Kier molecular flexibility index (Phi) is 5.72. The van der Waals surface area contributed by atoms with Crippen LogP contribution in [0.4, 0.5) is 0 Å². The van der Waals surface area contributed by atoms with Gasteiger partial charge in [-0.3, -0.25) is 5.43 Å². The number of benzene rings is 2. The van der Waals surface area contributed by atoms with Crippen molar-refractivity contribution >= 4 is 23.5 Å². The second kappa shape index (κ2) is 8.01. The van der Waals surface area contributed by atoms with E-state index >= 15 is 0 Å². The summed E-state index contributed by atoms with van der Waals surface area (Å²) in [5, 5.41) is 4.08. The van der Waals surface area contributed by atoms with Crippen LogP contribution in [-0.4, -0.2) is 17.9 Å². The zero-order valence-electron chi connectivity index (χ0n) is 11.5. The predicted octanol–water partition coefficient (Wildman–Crippen LogP) is 2.48. The standard InChI is InChI=1S/C16H17N3OS/c17-16(21)19-18-12-14-8-4-5-9-15(14)20-11-10-13-6-2-1-3-7-13/h1-9,12H,10-11H2,(H3,17,19,21)/b18-12-. The number of hydrogen-bond acceptors (Lipinski definition) is 3. The van der Waals surface area contributed by atoms with Crippen molar-refractivity contribution < 1.29 is 4.74 Å². The van der Waals surface area contributed by atoms with Crippen molar-refractivity contribution in [3.8, 4) is 5.75 Å². The first-order chi connectivity index (χ1) is 10.3. The first-order valence-electron chi connectivity index (χ1n) is 6.60. The van der Waals surface area contributed by atoms with Crippen molar-refractivity contribution in [2.45, 2.75) is 6.42 Å². The maximum atomic E-state index is 5.82. The van der Waals surface area contributed by atoms with Gasteiger partial charge in [0.1, 0.15) is 5.75 Å². The molecule has 108 valence electrons. The van der Waals surface area contributed by atoms with Crippen molar-refractivity contribution in [3.05, 3.63) is 65.7 Å². The molecule has 0 fully saturated rings. The summed E-state index contributed by atoms with van der Waals surface area (Å²) in [7, 11) is 0. The first kappa shape index (κ1) is 15.0. The van der Waals surface area contributed by atoms with Gasteiger partial charge in [-0.1, -0.05) is 42.5 Å². The topological polar surface area (TPSA) is 59.6 Å². The summed E-state index contributed by atoms with van der Waals surface area (Å²) >= 11 is 4.69. The number of nitrogens with one attached hydrogen (secondary N) is 1. The van der Waals surface area contributed by atoms with Crippen LogP contribution in [0.25, 0.3) is 0 Å². The highest BCUT2D eigenvalue weighted by molar-refractivity contribution is 7.80. The molecular weight excluding hydrogens is 282 g/mol. The van der Waals surface area contributed by atoms with Crippen molar-refractivity contribution in [2.24, 2.45) is 10.8 Å². The summed E-state index contributed by atoms with van der Waals surface area (Å²) in [6.45, 7) is 0.609. The van der Waals surface area contributed by atoms with Gasteiger partial charge in [0.25, 0.3) is 0 Å². The van der Waals surface area contributed by atoms with Crippen molar-refractivity contribution in [1.82, 2.24) is 5.43 Å². The average molecular weight is 299 g/mol. The molecule has 0 spiro atoms. The van der Waals surface area contributed by atoms with E-state index in [1.807, 2.05) is 42.5 Å². The zero-order valence-corrected chi connectivity index (χ0v) is 12.3. The lowest BCUT2D eigenvalue weighted by molar-refractivity contribution is 0.321. The summed E-state index contributed by atoms with van der Waals surface area (Å²) in [4.78, 5) is 0. The molecule has 0 aliphatic rings. The number of nitrogens with zero attached hydrogens (tertiary/aromatic N) is 1. The van der Waals surface area contributed by atoms with E-state index in [9.17, 15) is 0 Å². The van der Waals surface area contributed by atoms with E-state index in [2.05, 4.69) is 34.9 Å². The zero-order chi connectivity index (χ0) is 14.9. The Hall–Kier alpha value is -2.40. The Bertz CT molecular complexity index is 614. The van der Waals surface area contributed by atoms with Gasteiger partial charge in [-0.05, 0) is 29.9 Å². The van der Waals surface area contributed by atoms with Crippen LogP contribution in [-0.2, 0) is 6.42 Å². The smallest absolute Gasteiger partial charge is 0.184 e. The second-order valence-electron chi connectivity index (χ2n) is 4.36. The monoisotopic (exact) mass is 299 g/mol. The Labute approximate surface area is 129 Å². The third kappa shape index (κ3) is 5.24. The molecule has 0 aliphatic heterocycles. The lowest BCUT2D eigenvalue weighted by atomic mass is 10.2. The Balaban J connectivity index is 1.93. The van der Waals surface area contributed by atoms with Gasteiger partial charge in [0.05, 0.1) is 12.8 Å². The minimum Gasteiger partial charge on any atom is -0.493 e. The van der Waals surface area contributed by atoms with Gasteiger partial charge in [-0.15, -0.1) is 0 Å². The molecule has 3 N–H and O–H groups in total. The van der Waals surface area contributed by atoms with Gasteiger partial charge in [0.15, 0.2) is 5.11 Å². The molecule has 0 amide bonds. The molecule has 0 atom stereocenters. The fraction of sp³-hybridized carbons (Fsp3) is 0.125. The van der Waals surface area contributed by atoms with Crippen LogP contribution in [0.2, 0.25) is 0 Å². The molecular formula is C16H17N3OS. The summed E-state index contributed by atoms with van der Waals surface area (Å²) in [5.41, 5.74) is 9.96. The maximum absolute atomic E-state index is 5.82. The van der Waals surface area contributed by atoms with Gasteiger partial charge in [-0.2, -0.15) is 5.10 Å². The quantitative estimate of drug-likeness (QED) is 0.489. The third-order valence-electron chi connectivity index (χ3n) is 2.79. The van der Waals surface area contributed by atoms with Crippen molar-refractivity contribution in [3.63, 3.8) is 0 Å². The van der Waals surface area contributed by atoms with E-state index < -0.39 is 0 Å². The van der Waals surface area contributed by atoms with Crippen LogP contribution in [0.5, 0.6) is 5.75 Å². The normalized spacial score (nSPS) is 10.5. The van der Waals surface area contributed by atoms with Crippen LogP contribution in [0.15, 0.2) is 59.7 Å². The molecule has 4 nitrogen and oxygen atoms in total. The average Bonchev–Trinajstić information content (AvgIpc) is 2.49. The molecule has 5 heteroatoms. The summed E-state index contributed by atoms with van der Waals surface area (Å²) in [6, 6.07) is 17.9. The molecule has 0 aliphatic carbocycles. The van der Waals surface area contributed by atoms with Crippen LogP contribution >= 0.6 is 12.2 Å². The lowest BCUT2D eigenvalue weighted by Gasteiger charge is -2.09. The fourth-order valence-electron chi connectivity index (χ4n) is 1.81. The maximum Gasteiger partial charge on any atom is 0.184 e. The van der Waals surface area contributed by atoms with E-state index in [4.69, 9.17) is 10.5 Å². The Morgan fingerprint density at radius 2 is 1.86 bits per heavy atom. The Morgan fingerprint density at radius 1 is 1.14 bits per heavy atom. The molecule has 2 rings (SSSR count). The van der Waals surface area contributed by atoms with Gasteiger partial charge >= 0.3 is 0 Å². The Morgan fingerprint density at radius 3 is 2.62 bits per heavy atom. The molecule has 0 heterocycles. The van der Waals surface area contributed by atoms with Crippen molar-refractivity contribution in [2.75, 3.05) is 6.61 Å². The van der Waals surface area contributed by atoms with Crippen LogP contribution in [0, 0.1) is 0 Å². The third-order valence-corrected chi connectivity index (χ3v) is 2.88. The second-order valence-corrected chi connectivity index (χ2v) is 4.80. The molecule has 21 heavy (non-hydrogen) atoms. The summed E-state index contributed by atoms with van der Waals surface area (Å²) in [6.07, 6.45) is 2.49. The first-order valence-corrected chi connectivity index (χ1v) is 7.01. The van der Waals surface area contributed by atoms with E-state index in [0.717, 1.165) is 17.7 Å².